The van der Waals surface area contributed by atoms with Crippen molar-refractivity contribution in [1.82, 2.24) is 21.3 Å². The molecule has 0 aromatic rings. The molecule has 1 amide bonds. The molecule has 6 saturated heterocycles. The van der Waals surface area contributed by atoms with Crippen LogP contribution in [0.3, 0.4) is 0 Å². The summed E-state index contributed by atoms with van der Waals surface area (Å²) in [4.78, 5) is 68.5. The number of amides is 1. The molecule has 408 valence electrons. The Hall–Kier alpha value is -3.72. The van der Waals surface area contributed by atoms with E-state index >= 15 is 0 Å². The molecule has 0 unspecified atom stereocenters. The molecule has 71 heavy (non-hydrogen) atoms. The fraction of sp³-hybridized carbons (Fsp3) is 0.804. The first-order chi connectivity index (χ1) is 34.6. The number of cyclic esters (lactones) is 2. The molecule has 0 aromatic carbocycles. The van der Waals surface area contributed by atoms with E-state index in [0.717, 1.165) is 175 Å². The molecule has 4 saturated carbocycles. The number of aliphatic imine (C=N–C) groups is 2. The summed E-state index contributed by atoms with van der Waals surface area (Å²) in [6, 6.07) is 0. The van der Waals surface area contributed by atoms with Gasteiger partial charge < -0.3 is 40.2 Å². The van der Waals surface area contributed by atoms with Crippen molar-refractivity contribution in [3.8, 4) is 0 Å². The Balaban J connectivity index is 0.000000386. The standard InChI is InChI=1S/3C5H8O.C4H7NO.C4H7N.C4H8O2S.2C4H6O2.C4H8O.C3H6N2.C3H5NO.C3H7NS.C3H6/c3*6-5-3-1-2-4-5;6-4-2-1-3-5-4;1-2-4-5-3-1;5-7(6)3-1-2-4-7;2*5-4-2-1-3-6-4;1-2-4-5-3-1;3*1-2-5-3-4-1;1-2-3-1/h3*1-4H2;1-3H2,(H,5,6);1-2,5H,3-4H2;1-4H2;2*1-3H2;1-4H2;3H,1-2H2,(H,4,5);3H,1-2H2;4H,1-3H2;1-3H2. The van der Waals surface area contributed by atoms with E-state index in [1.165, 1.54) is 56.7 Å². The van der Waals surface area contributed by atoms with Crippen LogP contribution in [0.15, 0.2) is 22.1 Å². The predicted octanol–water partition coefficient (Wildman–Crippen LogP) is 6.18. The van der Waals surface area contributed by atoms with Gasteiger partial charge in [0.25, 0.3) is 0 Å². The van der Waals surface area contributed by atoms with Crippen molar-refractivity contribution in [3.63, 3.8) is 0 Å². The second-order valence-corrected chi connectivity index (χ2v) is 21.0. The largest absolute Gasteiger partial charge is 0.482 e. The predicted molar refractivity (Wildman–Crippen MR) is 283 cm³/mol. The van der Waals surface area contributed by atoms with E-state index in [1.54, 1.807) is 6.34 Å². The van der Waals surface area contributed by atoms with Crippen LogP contribution in [0.5, 0.6) is 0 Å². The molecule has 10 fully saturated rings. The number of ketones is 3. The maximum atomic E-state index is 10.4. The number of esters is 2. The van der Waals surface area contributed by atoms with E-state index in [-0.39, 0.29) is 17.8 Å². The van der Waals surface area contributed by atoms with Gasteiger partial charge in [-0.3, -0.25) is 38.8 Å². The number of nitrogens with zero attached hydrogens (tertiary/aromatic N) is 2. The quantitative estimate of drug-likeness (QED) is 0.156. The third kappa shape index (κ3) is 51.0. The molecule has 13 aliphatic rings. The van der Waals surface area contributed by atoms with Crippen LogP contribution < -0.4 is 21.3 Å². The summed E-state index contributed by atoms with van der Waals surface area (Å²) in [6.07, 6.45) is 33.0. The minimum Gasteiger partial charge on any atom is -0.482 e. The topological polar surface area (TPSA) is 246 Å². The van der Waals surface area contributed by atoms with E-state index in [0.29, 0.717) is 54.9 Å². The molecule has 9 aliphatic heterocycles. The summed E-state index contributed by atoms with van der Waals surface area (Å²) in [5.74, 6) is 4.79. The maximum absolute atomic E-state index is 10.4. The van der Waals surface area contributed by atoms with Crippen LogP contribution in [-0.4, -0.2) is 158 Å². The number of sulfone groups is 1. The highest BCUT2D eigenvalue weighted by molar-refractivity contribution is 7.99. The van der Waals surface area contributed by atoms with Crippen molar-refractivity contribution in [2.24, 2.45) is 9.98 Å². The fourth-order valence-corrected chi connectivity index (χ4v) is 8.66. The van der Waals surface area contributed by atoms with E-state index < -0.39 is 9.84 Å². The Morgan fingerprint density at radius 2 is 1.03 bits per heavy atom. The van der Waals surface area contributed by atoms with Crippen LogP contribution in [0.1, 0.15) is 161 Å². The zero-order valence-corrected chi connectivity index (χ0v) is 44.5. The number of thioether (sulfide) groups is 1. The number of carbonyl (C=O) groups excluding carboxylic acids is 6. The normalized spacial score (nSPS) is 22.3. The molecule has 20 heteroatoms. The van der Waals surface area contributed by atoms with Crippen molar-refractivity contribution >= 4 is 69.5 Å². The van der Waals surface area contributed by atoms with Crippen molar-refractivity contribution in [2.75, 3.05) is 102 Å². The Morgan fingerprint density at radius 3 is 1.15 bits per heavy atom. The van der Waals surface area contributed by atoms with Crippen molar-refractivity contribution < 1.29 is 56.1 Å². The lowest BCUT2D eigenvalue weighted by Gasteiger charge is -1.81. The molecule has 9 heterocycles. The van der Waals surface area contributed by atoms with Gasteiger partial charge in [-0.15, -0.1) is 11.8 Å². The highest BCUT2D eigenvalue weighted by atomic mass is 32.2. The number of rotatable bonds is 0. The van der Waals surface area contributed by atoms with E-state index in [1.807, 2.05) is 11.8 Å². The first-order valence-electron chi connectivity index (χ1n) is 26.4. The molecule has 13 rings (SSSR count). The zero-order chi connectivity index (χ0) is 51.6. The minimum absolute atomic E-state index is 0.0463. The number of ether oxygens (including phenoxy) is 4. The highest BCUT2D eigenvalue weighted by Gasteiger charge is 2.16. The van der Waals surface area contributed by atoms with Crippen LogP contribution in [0.4, 0.5) is 0 Å². The lowest BCUT2D eigenvalue weighted by molar-refractivity contribution is -0.138. The molecular weight excluding hydrogens is 953 g/mol. The summed E-state index contributed by atoms with van der Waals surface area (Å²) in [6.45, 7) is 11.1. The van der Waals surface area contributed by atoms with Gasteiger partial charge in [-0.2, -0.15) is 0 Å². The van der Waals surface area contributed by atoms with Gasteiger partial charge in [-0.1, -0.05) is 31.4 Å². The molecule has 0 atom stereocenters. The molecule has 0 spiro atoms. The summed E-state index contributed by atoms with van der Waals surface area (Å²) >= 11 is 1.96. The number of carbonyl (C=O) groups is 6. The van der Waals surface area contributed by atoms with Gasteiger partial charge in [0.15, 0.2) is 6.40 Å². The van der Waals surface area contributed by atoms with E-state index in [4.69, 9.17) is 4.74 Å². The average Bonchev–Trinajstić information content (AvgIpc) is 4.23. The summed E-state index contributed by atoms with van der Waals surface area (Å²) in [7, 11) is -2.55. The van der Waals surface area contributed by atoms with Crippen LogP contribution in [-0.2, 0) is 57.6 Å². The first kappa shape index (κ1) is 65.3. The average molecular weight is 1040 g/mol. The Bertz CT molecular complexity index is 1310. The monoisotopic (exact) mass is 1040 g/mol. The van der Waals surface area contributed by atoms with Crippen molar-refractivity contribution in [3.05, 3.63) is 12.2 Å². The fourth-order valence-electron chi connectivity index (χ4n) is 6.44. The molecule has 0 aromatic heterocycles. The molecule has 0 radical (unpaired) electrons. The van der Waals surface area contributed by atoms with Gasteiger partial charge in [-0.25, -0.2) is 8.42 Å². The van der Waals surface area contributed by atoms with Crippen LogP contribution in [0, 0.1) is 0 Å². The molecule has 18 nitrogen and oxygen atoms in total. The van der Waals surface area contributed by atoms with Gasteiger partial charge in [0.05, 0.1) is 44.1 Å². The summed E-state index contributed by atoms with van der Waals surface area (Å²) in [5.41, 5.74) is 0. The SMILES string of the molecule is C1=CCNC1.C1=NCCN1.C1=NCCO1.C1CC1.C1CCOC1.C1CSCN1.O=C1CCCC1.O=C1CCCC1.O=C1CCCC1.O=C1CCCN1.O=C1CCCO1.O=C1CCCO1.O=S1(=O)CCCC1. The second kappa shape index (κ2) is 48.5. The first-order valence-corrected chi connectivity index (χ1v) is 29.4. The Kier molecular flexibility index (Phi) is 44.6. The minimum atomic E-state index is -2.55. The van der Waals surface area contributed by atoms with Crippen molar-refractivity contribution in [1.29, 1.82) is 0 Å². The number of hydrogen-bond acceptors (Lipinski definition) is 18. The molecular formula is C51H90N6O12S2. The van der Waals surface area contributed by atoms with Gasteiger partial charge >= 0.3 is 11.9 Å². The summed E-state index contributed by atoms with van der Waals surface area (Å²) in [5, 5.41) is 11.9. The number of hydrogen-bond donors (Lipinski definition) is 4. The molecule has 0 bridgehead atoms. The molecule has 4 N–H and O–H groups in total. The van der Waals surface area contributed by atoms with Crippen molar-refractivity contribution in [2.45, 2.75) is 161 Å². The number of Topliss-reactive ketones (excluding diaryl/α,β-unsaturated/α-hetero) is 3. The van der Waals surface area contributed by atoms with Crippen LogP contribution in [0.25, 0.3) is 0 Å². The second-order valence-electron chi connectivity index (χ2n) is 17.6. The number of nitrogens with one attached hydrogen (secondary N) is 4. The Morgan fingerprint density at radius 1 is 0.493 bits per heavy atom. The van der Waals surface area contributed by atoms with Gasteiger partial charge in [-0.05, 0) is 83.5 Å². The van der Waals surface area contributed by atoms with Gasteiger partial charge in [0.2, 0.25) is 5.91 Å². The maximum Gasteiger partial charge on any atom is 0.305 e. The van der Waals surface area contributed by atoms with Crippen LogP contribution >= 0.6 is 11.8 Å². The van der Waals surface area contributed by atoms with Crippen LogP contribution in [0.2, 0.25) is 0 Å². The van der Waals surface area contributed by atoms with Gasteiger partial charge in [0, 0.05) is 115 Å². The van der Waals surface area contributed by atoms with E-state index in [9.17, 15) is 37.2 Å². The third-order valence-corrected chi connectivity index (χ3v) is 13.4. The lowest BCUT2D eigenvalue weighted by atomic mass is 10.4. The zero-order valence-electron chi connectivity index (χ0n) is 42.9. The van der Waals surface area contributed by atoms with Gasteiger partial charge in [0.1, 0.15) is 33.8 Å². The molecule has 4 aliphatic carbocycles. The summed E-state index contributed by atoms with van der Waals surface area (Å²) < 4.78 is 39.5. The Labute approximate surface area is 429 Å². The smallest absolute Gasteiger partial charge is 0.305 e. The highest BCUT2D eigenvalue weighted by Crippen LogP contribution is 2.15. The van der Waals surface area contributed by atoms with E-state index in [2.05, 4.69) is 57.6 Å². The lowest BCUT2D eigenvalue weighted by Crippen LogP contribution is -2.12. The third-order valence-electron chi connectivity index (χ3n) is 10.7.